The molecule has 6 nitrogen and oxygen atoms in total. The molecule has 3 N–H and O–H groups in total. The number of nitrogens with one attached hydrogen (secondary N) is 1. The quantitative estimate of drug-likeness (QED) is 0.741. The number of nitrogens with two attached hydrogens (primary N) is 1. The highest BCUT2D eigenvalue weighted by Crippen LogP contribution is 2.24. The third kappa shape index (κ3) is 5.24. The number of sulfonamides is 1. The van der Waals surface area contributed by atoms with Gasteiger partial charge in [0.15, 0.2) is 5.78 Å². The molecule has 27 heavy (non-hydrogen) atoms. The van der Waals surface area contributed by atoms with E-state index in [9.17, 15) is 18.0 Å². The predicted molar refractivity (Wildman–Crippen MR) is 105 cm³/mol. The lowest BCUT2D eigenvalue weighted by atomic mass is 10.0. The molecular weight excluding hydrogens is 364 g/mol. The van der Waals surface area contributed by atoms with E-state index in [1.54, 1.807) is 19.9 Å². The Bertz CT molecular complexity index is 1010. The van der Waals surface area contributed by atoms with Crippen molar-refractivity contribution >= 4 is 27.4 Å². The van der Waals surface area contributed by atoms with E-state index in [4.69, 9.17) is 5.14 Å². The summed E-state index contributed by atoms with van der Waals surface area (Å²) in [4.78, 5) is 24.5. The first-order chi connectivity index (χ1) is 12.5. The van der Waals surface area contributed by atoms with Crippen molar-refractivity contribution in [1.82, 2.24) is 0 Å². The van der Waals surface area contributed by atoms with E-state index in [2.05, 4.69) is 5.32 Å². The molecule has 0 aliphatic heterocycles. The second kappa shape index (κ2) is 8.02. The molecule has 2 aromatic carbocycles. The molecular formula is C20H24N2O4S. The maximum atomic E-state index is 12.3. The van der Waals surface area contributed by atoms with Crippen LogP contribution >= 0.6 is 0 Å². The molecule has 0 saturated carbocycles. The fourth-order valence-electron chi connectivity index (χ4n) is 2.62. The molecule has 144 valence electrons. The van der Waals surface area contributed by atoms with Crippen LogP contribution in [-0.2, 0) is 14.8 Å². The van der Waals surface area contributed by atoms with Crippen molar-refractivity contribution in [2.45, 2.75) is 45.4 Å². The van der Waals surface area contributed by atoms with Crippen LogP contribution in [0.5, 0.6) is 0 Å². The van der Waals surface area contributed by atoms with Gasteiger partial charge in [0.2, 0.25) is 15.9 Å². The van der Waals surface area contributed by atoms with Crippen LogP contribution in [0.15, 0.2) is 35.2 Å². The van der Waals surface area contributed by atoms with Gasteiger partial charge in [0.05, 0.1) is 4.90 Å². The fourth-order valence-corrected chi connectivity index (χ4v) is 3.24. The van der Waals surface area contributed by atoms with Crippen LogP contribution in [0, 0.1) is 27.7 Å². The minimum atomic E-state index is -3.88. The van der Waals surface area contributed by atoms with E-state index < -0.39 is 10.0 Å². The number of ketones is 1. The summed E-state index contributed by atoms with van der Waals surface area (Å²) in [6.07, 6.45) is 0.0745. The molecule has 0 saturated heterocycles. The minimum absolute atomic E-state index is 0.00382. The zero-order valence-electron chi connectivity index (χ0n) is 15.9. The minimum Gasteiger partial charge on any atom is -0.326 e. The molecule has 0 heterocycles. The molecule has 0 bridgehead atoms. The summed E-state index contributed by atoms with van der Waals surface area (Å²) in [5.74, 6) is -0.472. The Hall–Kier alpha value is -2.51. The summed E-state index contributed by atoms with van der Waals surface area (Å²) in [6, 6.07) is 8.25. The zero-order valence-corrected chi connectivity index (χ0v) is 16.7. The molecule has 0 spiro atoms. The van der Waals surface area contributed by atoms with Crippen LogP contribution in [0.25, 0.3) is 0 Å². The fraction of sp³-hybridized carbons (Fsp3) is 0.300. The third-order valence-electron chi connectivity index (χ3n) is 4.65. The first-order valence-electron chi connectivity index (χ1n) is 8.53. The monoisotopic (exact) mass is 388 g/mol. The highest BCUT2D eigenvalue weighted by Gasteiger charge is 2.15. The SMILES string of the molecule is Cc1ccc(C(=O)CCC(=O)Nc2cc(S(N)(=O)=O)cc(C)c2C)cc1C. The van der Waals surface area contributed by atoms with Crippen LogP contribution in [0.1, 0.15) is 45.5 Å². The number of aryl methyl sites for hydroxylation is 3. The highest BCUT2D eigenvalue weighted by atomic mass is 32.2. The lowest BCUT2D eigenvalue weighted by molar-refractivity contribution is -0.116. The van der Waals surface area contributed by atoms with Gasteiger partial charge < -0.3 is 5.32 Å². The van der Waals surface area contributed by atoms with Gasteiger partial charge in [-0.25, -0.2) is 13.6 Å². The molecule has 2 aromatic rings. The summed E-state index contributed by atoms with van der Waals surface area (Å²) in [6.45, 7) is 7.42. The number of carbonyl (C=O) groups is 2. The van der Waals surface area contributed by atoms with Gasteiger partial charge in [-0.3, -0.25) is 9.59 Å². The average Bonchev–Trinajstić information content (AvgIpc) is 2.58. The molecule has 7 heteroatoms. The summed E-state index contributed by atoms with van der Waals surface area (Å²) < 4.78 is 23.2. The van der Waals surface area contributed by atoms with E-state index in [-0.39, 0.29) is 29.4 Å². The van der Waals surface area contributed by atoms with Crippen LogP contribution in [0.3, 0.4) is 0 Å². The van der Waals surface area contributed by atoms with Gasteiger partial charge in [-0.05, 0) is 68.1 Å². The summed E-state index contributed by atoms with van der Waals surface area (Å²) in [5.41, 5.74) is 4.53. The summed E-state index contributed by atoms with van der Waals surface area (Å²) in [5, 5.41) is 7.86. The van der Waals surface area contributed by atoms with E-state index >= 15 is 0 Å². The second-order valence-corrected chi connectivity index (χ2v) is 8.29. The maximum Gasteiger partial charge on any atom is 0.238 e. The van der Waals surface area contributed by atoms with Crippen molar-refractivity contribution in [3.8, 4) is 0 Å². The van der Waals surface area contributed by atoms with Gasteiger partial charge in [0, 0.05) is 24.1 Å². The van der Waals surface area contributed by atoms with E-state index in [0.29, 0.717) is 16.8 Å². The number of primary sulfonamides is 1. The van der Waals surface area contributed by atoms with Gasteiger partial charge in [0.25, 0.3) is 0 Å². The largest absolute Gasteiger partial charge is 0.326 e. The van der Waals surface area contributed by atoms with Crippen LogP contribution in [0.2, 0.25) is 0 Å². The molecule has 0 fully saturated rings. The Kier molecular flexibility index (Phi) is 6.18. The number of anilines is 1. The van der Waals surface area contributed by atoms with Gasteiger partial charge in [-0.2, -0.15) is 0 Å². The average molecular weight is 388 g/mol. The first-order valence-corrected chi connectivity index (χ1v) is 10.1. The van der Waals surface area contributed by atoms with Crippen molar-refractivity contribution in [1.29, 1.82) is 0 Å². The molecule has 0 aliphatic rings. The Labute approximate surface area is 159 Å². The summed E-state index contributed by atoms with van der Waals surface area (Å²) >= 11 is 0. The molecule has 0 unspecified atom stereocenters. The topological polar surface area (TPSA) is 106 Å². The molecule has 0 atom stereocenters. The standard InChI is InChI=1S/C20H24N2O4S/c1-12-5-6-16(9-13(12)2)19(23)7-8-20(24)22-18-11-17(27(21,25)26)10-14(3)15(18)4/h5-6,9-11H,7-8H2,1-4H3,(H,22,24)(H2,21,25,26). The second-order valence-electron chi connectivity index (χ2n) is 6.73. The molecule has 2 rings (SSSR count). The van der Waals surface area contributed by atoms with E-state index in [0.717, 1.165) is 16.7 Å². The van der Waals surface area contributed by atoms with E-state index in [1.807, 2.05) is 26.0 Å². The molecule has 1 amide bonds. The maximum absolute atomic E-state index is 12.3. The highest BCUT2D eigenvalue weighted by molar-refractivity contribution is 7.89. The van der Waals surface area contributed by atoms with Gasteiger partial charge in [0.1, 0.15) is 0 Å². The Balaban J connectivity index is 2.08. The van der Waals surface area contributed by atoms with Gasteiger partial charge in [-0.15, -0.1) is 0 Å². The number of rotatable bonds is 6. The summed E-state index contributed by atoms with van der Waals surface area (Å²) in [7, 11) is -3.88. The normalized spacial score (nSPS) is 11.3. The van der Waals surface area contributed by atoms with Crippen molar-refractivity contribution in [3.63, 3.8) is 0 Å². The lowest BCUT2D eigenvalue weighted by Gasteiger charge is -2.12. The Morgan fingerprint density at radius 2 is 1.59 bits per heavy atom. The number of Topliss-reactive ketones (excluding diaryl/α,β-unsaturated/α-hetero) is 1. The number of hydrogen-bond donors (Lipinski definition) is 2. The Morgan fingerprint density at radius 3 is 2.19 bits per heavy atom. The molecule has 0 aromatic heterocycles. The molecule has 0 radical (unpaired) electrons. The van der Waals surface area contributed by atoms with Crippen molar-refractivity contribution in [3.05, 3.63) is 58.1 Å². The first kappa shape index (κ1) is 20.8. The van der Waals surface area contributed by atoms with Crippen molar-refractivity contribution in [2.75, 3.05) is 5.32 Å². The number of amides is 1. The number of benzene rings is 2. The number of hydrogen-bond acceptors (Lipinski definition) is 4. The van der Waals surface area contributed by atoms with E-state index in [1.165, 1.54) is 12.1 Å². The lowest BCUT2D eigenvalue weighted by Crippen LogP contribution is -2.17. The van der Waals surface area contributed by atoms with Crippen LogP contribution < -0.4 is 10.5 Å². The van der Waals surface area contributed by atoms with Gasteiger partial charge >= 0.3 is 0 Å². The predicted octanol–water partition coefficient (Wildman–Crippen LogP) is 3.17. The zero-order chi connectivity index (χ0) is 20.4. The molecule has 0 aliphatic carbocycles. The van der Waals surface area contributed by atoms with Crippen LogP contribution in [0.4, 0.5) is 5.69 Å². The smallest absolute Gasteiger partial charge is 0.238 e. The third-order valence-corrected chi connectivity index (χ3v) is 5.54. The van der Waals surface area contributed by atoms with Crippen molar-refractivity contribution < 1.29 is 18.0 Å². The Morgan fingerprint density at radius 1 is 0.926 bits per heavy atom. The van der Waals surface area contributed by atoms with Gasteiger partial charge in [-0.1, -0.05) is 12.1 Å². The number of carbonyl (C=O) groups excluding carboxylic acids is 2. The van der Waals surface area contributed by atoms with Crippen molar-refractivity contribution in [2.24, 2.45) is 5.14 Å². The van der Waals surface area contributed by atoms with Crippen LogP contribution in [-0.4, -0.2) is 20.1 Å².